The molecule has 0 saturated carbocycles. The van der Waals surface area contributed by atoms with Gasteiger partial charge >= 0.3 is 0 Å². The number of nitrogens with one attached hydrogen (secondary N) is 1. The lowest BCUT2D eigenvalue weighted by Crippen LogP contribution is -2.48. The first-order chi connectivity index (χ1) is 15.4. The Hall–Kier alpha value is -1.85. The van der Waals surface area contributed by atoms with Gasteiger partial charge in [-0.3, -0.25) is 9.69 Å². The molecule has 2 aliphatic heterocycles. The third kappa shape index (κ3) is 5.37. The summed E-state index contributed by atoms with van der Waals surface area (Å²) in [6.07, 6.45) is 1.25. The van der Waals surface area contributed by atoms with Crippen LogP contribution in [0.2, 0.25) is 0 Å². The van der Waals surface area contributed by atoms with Crippen LogP contribution >= 0.6 is 11.3 Å². The van der Waals surface area contributed by atoms with E-state index in [0.717, 1.165) is 25.2 Å². The van der Waals surface area contributed by atoms with E-state index in [1.165, 1.54) is 21.3 Å². The van der Waals surface area contributed by atoms with Crippen LogP contribution in [0.15, 0.2) is 46.7 Å². The van der Waals surface area contributed by atoms with Gasteiger partial charge in [-0.05, 0) is 48.6 Å². The number of hydrogen-bond acceptors (Lipinski definition) is 6. The number of rotatable bonds is 7. The summed E-state index contributed by atoms with van der Waals surface area (Å²) in [7, 11) is -3.76. The van der Waals surface area contributed by atoms with Gasteiger partial charge < -0.3 is 10.1 Å². The number of ether oxygens (including phenoxy) is 1. The van der Waals surface area contributed by atoms with E-state index in [9.17, 15) is 17.6 Å². The fourth-order valence-electron chi connectivity index (χ4n) is 4.25. The third-order valence-electron chi connectivity index (χ3n) is 6.03. The van der Waals surface area contributed by atoms with Crippen molar-refractivity contribution in [2.75, 3.05) is 45.9 Å². The van der Waals surface area contributed by atoms with Gasteiger partial charge in [0.25, 0.3) is 0 Å². The van der Waals surface area contributed by atoms with Gasteiger partial charge in [0.05, 0.1) is 30.1 Å². The number of benzene rings is 1. The summed E-state index contributed by atoms with van der Waals surface area (Å²) in [6, 6.07) is 8.97. The Bertz CT molecular complexity index is 993. The molecule has 4 rings (SSSR count). The maximum Gasteiger partial charge on any atom is 0.243 e. The average Bonchev–Trinajstić information content (AvgIpc) is 3.35. The van der Waals surface area contributed by atoms with E-state index in [2.05, 4.69) is 16.3 Å². The predicted octanol–water partition coefficient (Wildman–Crippen LogP) is 2.48. The first-order valence-corrected chi connectivity index (χ1v) is 13.2. The van der Waals surface area contributed by atoms with Crippen LogP contribution in [-0.4, -0.2) is 69.5 Å². The van der Waals surface area contributed by atoms with Crippen molar-refractivity contribution in [2.24, 2.45) is 5.92 Å². The molecule has 0 bridgehead atoms. The molecule has 7 nitrogen and oxygen atoms in total. The molecule has 2 atom stereocenters. The van der Waals surface area contributed by atoms with Crippen LogP contribution in [0, 0.1) is 11.7 Å². The number of nitrogens with zero attached hydrogens (tertiary/aromatic N) is 2. The molecule has 1 aromatic carbocycles. The van der Waals surface area contributed by atoms with Gasteiger partial charge in [-0.25, -0.2) is 12.8 Å². The van der Waals surface area contributed by atoms with Crippen molar-refractivity contribution in [3.8, 4) is 0 Å². The van der Waals surface area contributed by atoms with Crippen LogP contribution < -0.4 is 5.32 Å². The highest BCUT2D eigenvalue weighted by molar-refractivity contribution is 7.89. The minimum Gasteiger partial charge on any atom is -0.379 e. The Kier molecular flexibility index (Phi) is 7.57. The van der Waals surface area contributed by atoms with Crippen molar-refractivity contribution < 1.29 is 22.3 Å². The van der Waals surface area contributed by atoms with Gasteiger partial charge in [0.2, 0.25) is 15.9 Å². The molecule has 2 aliphatic rings. The topological polar surface area (TPSA) is 79.0 Å². The highest BCUT2D eigenvalue weighted by Crippen LogP contribution is 2.27. The van der Waals surface area contributed by atoms with E-state index in [-0.39, 0.29) is 23.4 Å². The molecule has 1 N–H and O–H groups in total. The van der Waals surface area contributed by atoms with Gasteiger partial charge in [0.1, 0.15) is 5.82 Å². The summed E-state index contributed by atoms with van der Waals surface area (Å²) in [5.74, 6) is -1.02. The van der Waals surface area contributed by atoms with Crippen LogP contribution in [0.5, 0.6) is 0 Å². The van der Waals surface area contributed by atoms with Gasteiger partial charge in [-0.15, -0.1) is 11.3 Å². The molecule has 2 saturated heterocycles. The number of carbonyl (C=O) groups excluding carboxylic acids is 1. The minimum absolute atomic E-state index is 0.0463. The predicted molar refractivity (Wildman–Crippen MR) is 120 cm³/mol. The van der Waals surface area contributed by atoms with Crippen molar-refractivity contribution in [3.05, 3.63) is 52.5 Å². The zero-order valence-corrected chi connectivity index (χ0v) is 19.4. The van der Waals surface area contributed by atoms with Gasteiger partial charge in [-0.2, -0.15) is 4.31 Å². The molecule has 32 heavy (non-hydrogen) atoms. The van der Waals surface area contributed by atoms with Crippen molar-refractivity contribution in [3.63, 3.8) is 0 Å². The molecule has 2 aromatic rings. The fraction of sp³-hybridized carbons (Fsp3) is 0.500. The van der Waals surface area contributed by atoms with Gasteiger partial charge in [0, 0.05) is 37.6 Å². The Labute approximate surface area is 192 Å². The monoisotopic (exact) mass is 481 g/mol. The Morgan fingerprint density at radius 3 is 2.62 bits per heavy atom. The summed E-state index contributed by atoms with van der Waals surface area (Å²) in [5, 5.41) is 5.10. The van der Waals surface area contributed by atoms with Crippen molar-refractivity contribution >= 4 is 27.3 Å². The van der Waals surface area contributed by atoms with Crippen LogP contribution in [0.25, 0.3) is 0 Å². The summed E-state index contributed by atoms with van der Waals surface area (Å²) < 4.78 is 45.9. The quantitative estimate of drug-likeness (QED) is 0.657. The molecule has 0 aliphatic carbocycles. The zero-order chi connectivity index (χ0) is 22.6. The van der Waals surface area contributed by atoms with E-state index in [1.54, 1.807) is 11.3 Å². The van der Waals surface area contributed by atoms with Crippen LogP contribution in [0.4, 0.5) is 4.39 Å². The van der Waals surface area contributed by atoms with Crippen molar-refractivity contribution in [1.29, 1.82) is 0 Å². The second kappa shape index (κ2) is 10.4. The molecular formula is C22H28FN3O4S2. The Morgan fingerprint density at radius 2 is 1.94 bits per heavy atom. The van der Waals surface area contributed by atoms with Crippen LogP contribution in [0.3, 0.4) is 0 Å². The molecule has 174 valence electrons. The molecule has 2 fully saturated rings. The van der Waals surface area contributed by atoms with E-state index < -0.39 is 21.8 Å². The second-order valence-corrected chi connectivity index (χ2v) is 11.0. The number of halogens is 1. The maximum atomic E-state index is 13.2. The minimum atomic E-state index is -3.76. The van der Waals surface area contributed by atoms with E-state index >= 15 is 0 Å². The Morgan fingerprint density at radius 1 is 1.19 bits per heavy atom. The maximum absolute atomic E-state index is 13.2. The first-order valence-electron chi connectivity index (χ1n) is 10.8. The third-order valence-corrected chi connectivity index (χ3v) is 8.89. The van der Waals surface area contributed by atoms with Gasteiger partial charge in [-0.1, -0.05) is 6.07 Å². The van der Waals surface area contributed by atoms with E-state index in [4.69, 9.17) is 4.74 Å². The average molecular weight is 482 g/mol. The van der Waals surface area contributed by atoms with Gasteiger partial charge in [0.15, 0.2) is 0 Å². The number of piperidine rings is 1. The summed E-state index contributed by atoms with van der Waals surface area (Å²) in [5.41, 5.74) is 0. The molecule has 0 unspecified atom stereocenters. The molecular weight excluding hydrogens is 453 g/mol. The summed E-state index contributed by atoms with van der Waals surface area (Å²) in [4.78, 5) is 16.5. The zero-order valence-electron chi connectivity index (χ0n) is 17.8. The summed E-state index contributed by atoms with van der Waals surface area (Å²) >= 11 is 1.67. The molecule has 3 heterocycles. The SMILES string of the molecule is O=C(NC[C@@H](c1cccs1)N1CCOCC1)[C@H]1CCCN(S(=O)(=O)c2ccc(F)cc2)C1. The lowest BCUT2D eigenvalue weighted by Gasteiger charge is -2.35. The molecule has 1 aromatic heterocycles. The van der Waals surface area contributed by atoms with Crippen molar-refractivity contribution in [1.82, 2.24) is 14.5 Å². The molecule has 1 amide bonds. The molecule has 10 heteroatoms. The number of thiophene rings is 1. The number of amides is 1. The van der Waals surface area contributed by atoms with Crippen LogP contribution in [-0.2, 0) is 19.6 Å². The number of carbonyl (C=O) groups is 1. The normalized spacial score (nSPS) is 21.8. The lowest BCUT2D eigenvalue weighted by atomic mass is 9.98. The number of morpholine rings is 1. The molecule has 0 radical (unpaired) electrons. The number of hydrogen-bond donors (Lipinski definition) is 1. The standard InChI is InChI=1S/C22H28FN3O4S2/c23-18-5-7-19(8-6-18)32(28,29)26-9-1-3-17(16-26)22(27)24-15-20(21-4-2-14-31-21)25-10-12-30-13-11-25/h2,4-8,14,17,20H,1,3,9-13,15-16H2,(H,24,27)/t17-,20-/m0/s1. The Balaban J connectivity index is 1.39. The summed E-state index contributed by atoms with van der Waals surface area (Å²) in [6.45, 7) is 3.93. The second-order valence-electron chi connectivity index (χ2n) is 8.08. The van der Waals surface area contributed by atoms with Crippen LogP contribution in [0.1, 0.15) is 23.8 Å². The number of sulfonamides is 1. The first kappa shape index (κ1) is 23.3. The molecule has 0 spiro atoms. The largest absolute Gasteiger partial charge is 0.379 e. The van der Waals surface area contributed by atoms with Crippen molar-refractivity contribution in [2.45, 2.75) is 23.8 Å². The fourth-order valence-corrected chi connectivity index (χ4v) is 6.64. The highest BCUT2D eigenvalue weighted by Gasteiger charge is 2.34. The smallest absolute Gasteiger partial charge is 0.243 e. The van der Waals surface area contributed by atoms with E-state index in [0.29, 0.717) is 39.1 Å². The van der Waals surface area contributed by atoms with E-state index in [1.807, 2.05) is 11.4 Å². The lowest BCUT2D eigenvalue weighted by molar-refractivity contribution is -0.126. The highest BCUT2D eigenvalue weighted by atomic mass is 32.2.